The lowest BCUT2D eigenvalue weighted by molar-refractivity contribution is -0.192. The molecule has 0 radical (unpaired) electrons. The van der Waals surface area contributed by atoms with Crippen LogP contribution < -0.4 is 14.8 Å². The Balaban J connectivity index is 0.000000771. The highest BCUT2D eigenvalue weighted by Crippen LogP contribution is 2.26. The van der Waals surface area contributed by atoms with Gasteiger partial charge in [0.1, 0.15) is 17.6 Å². The number of Topliss-reactive ketones (excluding diaryl/α,β-unsaturated/α-hetero) is 1. The maximum Gasteiger partial charge on any atom is 0.490 e. The zero-order valence-electron chi connectivity index (χ0n) is 27.0. The van der Waals surface area contributed by atoms with Crippen molar-refractivity contribution >= 4 is 17.7 Å². The van der Waals surface area contributed by atoms with Gasteiger partial charge in [-0.1, -0.05) is 31.4 Å². The minimum atomic E-state index is -5.08. The molecular formula is C35H47F3N2O7. The molecule has 1 saturated heterocycles. The molecule has 1 saturated carbocycles. The Morgan fingerprint density at radius 3 is 2.04 bits per heavy atom. The van der Waals surface area contributed by atoms with Gasteiger partial charge in [0.15, 0.2) is 5.78 Å². The second-order valence-corrected chi connectivity index (χ2v) is 12.2. The number of methoxy groups -OCH3 is 1. The Kier molecular flexibility index (Phi) is 15.5. The first-order valence-electron chi connectivity index (χ1n) is 16.4. The van der Waals surface area contributed by atoms with Crippen molar-refractivity contribution in [2.24, 2.45) is 5.92 Å². The second-order valence-electron chi connectivity index (χ2n) is 12.2. The summed E-state index contributed by atoms with van der Waals surface area (Å²) in [5.41, 5.74) is 1.43. The summed E-state index contributed by atoms with van der Waals surface area (Å²) in [5, 5.41) is 21.5. The molecular weight excluding hydrogens is 617 g/mol. The van der Waals surface area contributed by atoms with Crippen molar-refractivity contribution in [3.8, 4) is 11.5 Å². The van der Waals surface area contributed by atoms with Crippen molar-refractivity contribution in [2.45, 2.75) is 89.0 Å². The maximum atomic E-state index is 12.9. The third-order valence-corrected chi connectivity index (χ3v) is 8.53. The van der Waals surface area contributed by atoms with Crippen molar-refractivity contribution in [2.75, 3.05) is 33.4 Å². The molecule has 1 aliphatic carbocycles. The lowest BCUT2D eigenvalue weighted by atomic mass is 9.90. The van der Waals surface area contributed by atoms with Crippen LogP contribution in [0.2, 0.25) is 0 Å². The highest BCUT2D eigenvalue weighted by Gasteiger charge is 2.38. The molecule has 0 spiro atoms. The van der Waals surface area contributed by atoms with Crippen molar-refractivity contribution in [3.63, 3.8) is 0 Å². The number of rotatable bonds is 15. The quantitative estimate of drug-likeness (QED) is 0.149. The zero-order valence-corrected chi connectivity index (χ0v) is 27.0. The molecule has 0 aromatic heterocycles. The average Bonchev–Trinajstić information content (AvgIpc) is 3.59. The Hall–Kier alpha value is -3.64. The molecule has 12 heteroatoms. The number of nitrogens with one attached hydrogen (secondary N) is 1. The number of amides is 1. The average molecular weight is 665 g/mol. The zero-order chi connectivity index (χ0) is 34.2. The number of unbranched alkanes of at least 4 members (excludes halogenated alkanes) is 1. The number of aliphatic carboxylic acids is 1. The number of likely N-dealkylation sites (tertiary alicyclic amines) is 1. The van der Waals surface area contributed by atoms with E-state index in [0.29, 0.717) is 43.7 Å². The van der Waals surface area contributed by atoms with Crippen LogP contribution >= 0.6 is 0 Å². The second kappa shape index (κ2) is 19.2. The van der Waals surface area contributed by atoms with Crippen LogP contribution in [0.25, 0.3) is 0 Å². The first-order chi connectivity index (χ1) is 22.5. The summed E-state index contributed by atoms with van der Waals surface area (Å²) in [7, 11) is 1.60. The molecule has 0 bridgehead atoms. The number of ketones is 1. The highest BCUT2D eigenvalue weighted by atomic mass is 19.4. The first-order valence-corrected chi connectivity index (χ1v) is 16.4. The minimum Gasteiger partial charge on any atom is -0.497 e. The van der Waals surface area contributed by atoms with Gasteiger partial charge in [-0.2, -0.15) is 13.2 Å². The predicted molar refractivity (Wildman–Crippen MR) is 171 cm³/mol. The van der Waals surface area contributed by atoms with Gasteiger partial charge in [-0.05, 0) is 99.5 Å². The molecule has 47 heavy (non-hydrogen) atoms. The number of hydrogen-bond acceptors (Lipinski definition) is 7. The van der Waals surface area contributed by atoms with Gasteiger partial charge < -0.3 is 29.9 Å². The molecule has 1 aliphatic heterocycles. The SMILES string of the molecule is COc1ccc(C(=O)CCCCC(=O)N[C@H](CN2CCCC2)[C@H](O)c2ccc(OCC3CCCCC3)cc2)cc1.O=C(O)C(F)(F)F. The Labute approximate surface area is 274 Å². The number of nitrogens with zero attached hydrogens (tertiary/aromatic N) is 1. The fraction of sp³-hybridized carbons (Fsp3) is 0.571. The number of carbonyl (C=O) groups is 3. The van der Waals surface area contributed by atoms with Crippen LogP contribution in [0.1, 0.15) is 92.7 Å². The van der Waals surface area contributed by atoms with E-state index in [2.05, 4.69) is 10.2 Å². The van der Waals surface area contributed by atoms with E-state index in [1.165, 1.54) is 32.1 Å². The summed E-state index contributed by atoms with van der Waals surface area (Å²) in [4.78, 5) is 36.5. The molecule has 0 unspecified atom stereocenters. The highest BCUT2D eigenvalue weighted by molar-refractivity contribution is 5.96. The Bertz CT molecular complexity index is 1240. The van der Waals surface area contributed by atoms with E-state index in [1.54, 1.807) is 31.4 Å². The standard InChI is InChI=1S/C33H46N2O5.C2HF3O2/c1-39-28-17-13-26(14-18-28)31(36)11-5-6-12-32(37)34-30(23-35-21-7-8-22-35)33(38)27-15-19-29(20-16-27)40-24-25-9-3-2-4-10-25;3-2(4,5)1(6)7/h13-20,25,30,33,38H,2-12,21-24H2,1H3,(H,34,37);(H,6,7)/t30-,33-;/m1./s1. The fourth-order valence-electron chi connectivity index (χ4n) is 5.80. The van der Waals surface area contributed by atoms with Crippen molar-refractivity contribution in [1.29, 1.82) is 0 Å². The monoisotopic (exact) mass is 664 g/mol. The molecule has 1 amide bonds. The normalized spacial score (nSPS) is 16.8. The van der Waals surface area contributed by atoms with Gasteiger partial charge in [0, 0.05) is 24.9 Å². The molecule has 2 aromatic rings. The molecule has 3 N–H and O–H groups in total. The Morgan fingerprint density at radius 2 is 1.47 bits per heavy atom. The summed E-state index contributed by atoms with van der Waals surface area (Å²) in [6.45, 7) is 3.34. The molecule has 9 nitrogen and oxygen atoms in total. The summed E-state index contributed by atoms with van der Waals surface area (Å²) >= 11 is 0. The maximum absolute atomic E-state index is 12.9. The minimum absolute atomic E-state index is 0.0663. The molecule has 2 aromatic carbocycles. The van der Waals surface area contributed by atoms with Crippen molar-refractivity contribution < 1.29 is 47.2 Å². The number of carbonyl (C=O) groups excluding carboxylic acids is 2. The lowest BCUT2D eigenvalue weighted by Gasteiger charge is -2.29. The van der Waals surface area contributed by atoms with E-state index < -0.39 is 24.3 Å². The smallest absolute Gasteiger partial charge is 0.490 e. The van der Waals surface area contributed by atoms with E-state index in [-0.39, 0.29) is 11.7 Å². The first kappa shape index (κ1) is 37.8. The molecule has 2 atom stereocenters. The van der Waals surface area contributed by atoms with Gasteiger partial charge in [0.25, 0.3) is 0 Å². The number of carboxylic acid groups (broad SMARTS) is 1. The summed E-state index contributed by atoms with van der Waals surface area (Å²) in [6, 6.07) is 14.4. The van der Waals surface area contributed by atoms with Crippen LogP contribution in [0, 0.1) is 5.92 Å². The van der Waals surface area contributed by atoms with Crippen LogP contribution in [0.15, 0.2) is 48.5 Å². The van der Waals surface area contributed by atoms with Crippen molar-refractivity contribution in [1.82, 2.24) is 10.2 Å². The predicted octanol–water partition coefficient (Wildman–Crippen LogP) is 6.34. The van der Waals surface area contributed by atoms with E-state index in [1.807, 2.05) is 24.3 Å². The number of hydrogen-bond donors (Lipinski definition) is 3. The van der Waals surface area contributed by atoms with Gasteiger partial charge >= 0.3 is 12.1 Å². The number of ether oxygens (including phenoxy) is 2. The fourth-order valence-corrected chi connectivity index (χ4v) is 5.80. The molecule has 1 heterocycles. The number of benzene rings is 2. The number of carboxylic acids is 1. The van der Waals surface area contributed by atoms with Gasteiger partial charge in [-0.15, -0.1) is 0 Å². The number of aliphatic hydroxyl groups excluding tert-OH is 1. The lowest BCUT2D eigenvalue weighted by Crippen LogP contribution is -2.46. The number of halogens is 3. The van der Waals surface area contributed by atoms with E-state index >= 15 is 0 Å². The van der Waals surface area contributed by atoms with E-state index in [4.69, 9.17) is 19.4 Å². The third-order valence-electron chi connectivity index (χ3n) is 8.53. The van der Waals surface area contributed by atoms with E-state index in [9.17, 15) is 27.9 Å². The number of alkyl halides is 3. The molecule has 4 rings (SSSR count). The van der Waals surface area contributed by atoms with E-state index in [0.717, 1.165) is 49.6 Å². The van der Waals surface area contributed by atoms with Crippen LogP contribution in [0.5, 0.6) is 11.5 Å². The largest absolute Gasteiger partial charge is 0.497 e. The Morgan fingerprint density at radius 1 is 0.894 bits per heavy atom. The summed E-state index contributed by atoms with van der Waals surface area (Å²) < 4.78 is 42.9. The molecule has 260 valence electrons. The summed E-state index contributed by atoms with van der Waals surface area (Å²) in [6.07, 6.45) is 4.79. The van der Waals surface area contributed by atoms with Crippen LogP contribution in [0.3, 0.4) is 0 Å². The van der Waals surface area contributed by atoms with Crippen LogP contribution in [-0.4, -0.2) is 78.3 Å². The van der Waals surface area contributed by atoms with Crippen LogP contribution in [0.4, 0.5) is 13.2 Å². The number of aliphatic hydroxyl groups is 1. The topological polar surface area (TPSA) is 125 Å². The van der Waals surface area contributed by atoms with Gasteiger partial charge in [-0.3, -0.25) is 9.59 Å². The third kappa shape index (κ3) is 13.6. The summed E-state index contributed by atoms with van der Waals surface area (Å²) in [5.74, 6) is -0.597. The molecule has 2 fully saturated rings. The van der Waals surface area contributed by atoms with Gasteiger partial charge in [0.2, 0.25) is 5.91 Å². The van der Waals surface area contributed by atoms with Gasteiger partial charge in [0.05, 0.1) is 19.8 Å². The van der Waals surface area contributed by atoms with Gasteiger partial charge in [-0.25, -0.2) is 4.79 Å². The van der Waals surface area contributed by atoms with Crippen molar-refractivity contribution in [3.05, 3.63) is 59.7 Å². The molecule has 2 aliphatic rings. The van der Waals surface area contributed by atoms with Crippen LogP contribution in [-0.2, 0) is 9.59 Å².